The number of ether oxygens (including phenoxy) is 1. The molecule has 3 rings (SSSR count). The Balaban J connectivity index is 1.47. The highest BCUT2D eigenvalue weighted by Gasteiger charge is 2.05. The zero-order chi connectivity index (χ0) is 19.6. The molecule has 0 aliphatic heterocycles. The summed E-state index contributed by atoms with van der Waals surface area (Å²) < 4.78 is 5.79. The van der Waals surface area contributed by atoms with E-state index in [9.17, 15) is 4.79 Å². The van der Waals surface area contributed by atoms with Crippen LogP contribution in [0.15, 0.2) is 91.0 Å². The Bertz CT molecular complexity index is 887. The van der Waals surface area contributed by atoms with Gasteiger partial charge in [-0.3, -0.25) is 4.79 Å². The van der Waals surface area contributed by atoms with Gasteiger partial charge in [0.2, 0.25) is 5.91 Å². The average molecular weight is 371 g/mol. The number of benzene rings is 3. The second-order valence-electron chi connectivity index (χ2n) is 6.67. The molecule has 0 N–H and O–H groups in total. The first-order valence-corrected chi connectivity index (χ1v) is 9.44. The zero-order valence-corrected chi connectivity index (χ0v) is 16.1. The maximum absolute atomic E-state index is 12.3. The lowest BCUT2D eigenvalue weighted by Gasteiger charge is -2.15. The number of likely N-dealkylation sites (N-methyl/N-ethyl adjacent to an activating group) is 1. The molecule has 3 aromatic rings. The highest BCUT2D eigenvalue weighted by atomic mass is 16.5. The van der Waals surface area contributed by atoms with E-state index in [2.05, 4.69) is 12.1 Å². The summed E-state index contributed by atoms with van der Waals surface area (Å²) in [7, 11) is 1.83. The molecule has 0 fully saturated rings. The van der Waals surface area contributed by atoms with E-state index in [-0.39, 0.29) is 5.91 Å². The van der Waals surface area contributed by atoms with E-state index in [4.69, 9.17) is 4.74 Å². The van der Waals surface area contributed by atoms with Crippen LogP contribution in [0.4, 0.5) is 0 Å². The van der Waals surface area contributed by atoms with E-state index >= 15 is 0 Å². The molecule has 0 saturated carbocycles. The molecule has 0 aliphatic rings. The third kappa shape index (κ3) is 6.13. The first-order valence-electron chi connectivity index (χ1n) is 9.44. The maximum atomic E-state index is 12.3. The van der Waals surface area contributed by atoms with Crippen molar-refractivity contribution in [3.8, 4) is 5.75 Å². The predicted molar refractivity (Wildman–Crippen MR) is 114 cm³/mol. The molecule has 142 valence electrons. The van der Waals surface area contributed by atoms with Crippen LogP contribution in [0, 0.1) is 0 Å². The Labute approximate surface area is 166 Å². The maximum Gasteiger partial charge on any atom is 0.246 e. The van der Waals surface area contributed by atoms with E-state index in [1.165, 1.54) is 5.56 Å². The van der Waals surface area contributed by atoms with Crippen molar-refractivity contribution in [1.29, 1.82) is 0 Å². The van der Waals surface area contributed by atoms with E-state index in [0.29, 0.717) is 13.2 Å². The van der Waals surface area contributed by atoms with Crippen molar-refractivity contribution in [2.75, 3.05) is 13.6 Å². The number of hydrogen-bond acceptors (Lipinski definition) is 2. The summed E-state index contributed by atoms with van der Waals surface area (Å²) in [5.41, 5.74) is 3.34. The van der Waals surface area contributed by atoms with Crippen molar-refractivity contribution < 1.29 is 9.53 Å². The average Bonchev–Trinajstić information content (AvgIpc) is 2.76. The molecule has 0 radical (unpaired) electrons. The van der Waals surface area contributed by atoms with Crippen LogP contribution in [0.25, 0.3) is 6.08 Å². The van der Waals surface area contributed by atoms with Crippen molar-refractivity contribution >= 4 is 12.0 Å². The van der Waals surface area contributed by atoms with Crippen LogP contribution in [-0.2, 0) is 17.8 Å². The normalized spacial score (nSPS) is 10.8. The molecule has 0 atom stereocenters. The summed E-state index contributed by atoms with van der Waals surface area (Å²) in [6, 6.07) is 28.0. The quantitative estimate of drug-likeness (QED) is 0.523. The van der Waals surface area contributed by atoms with Crippen molar-refractivity contribution in [2.24, 2.45) is 0 Å². The molecular formula is C25H25NO2. The molecule has 3 heteroatoms. The molecule has 3 aromatic carbocycles. The monoisotopic (exact) mass is 371 g/mol. The van der Waals surface area contributed by atoms with Crippen LogP contribution < -0.4 is 4.74 Å². The van der Waals surface area contributed by atoms with Gasteiger partial charge in [-0.1, -0.05) is 72.8 Å². The first-order chi connectivity index (χ1) is 13.7. The van der Waals surface area contributed by atoms with Gasteiger partial charge < -0.3 is 9.64 Å². The van der Waals surface area contributed by atoms with Crippen LogP contribution in [0.3, 0.4) is 0 Å². The minimum atomic E-state index is 0.000310. The third-order valence-electron chi connectivity index (χ3n) is 4.50. The molecule has 0 aliphatic carbocycles. The van der Waals surface area contributed by atoms with E-state index in [1.807, 2.05) is 85.9 Å². The fourth-order valence-corrected chi connectivity index (χ4v) is 2.76. The summed E-state index contributed by atoms with van der Waals surface area (Å²) in [4.78, 5) is 14.0. The fraction of sp³-hybridized carbons (Fsp3) is 0.160. The van der Waals surface area contributed by atoms with Crippen LogP contribution >= 0.6 is 0 Å². The molecule has 0 unspecified atom stereocenters. The van der Waals surface area contributed by atoms with E-state index in [0.717, 1.165) is 23.3 Å². The summed E-state index contributed by atoms with van der Waals surface area (Å²) in [5, 5.41) is 0. The molecule has 1 amide bonds. The minimum absolute atomic E-state index is 0.000310. The molecule has 0 aromatic heterocycles. The lowest BCUT2D eigenvalue weighted by Crippen LogP contribution is -2.27. The van der Waals surface area contributed by atoms with Gasteiger partial charge in [-0.05, 0) is 41.3 Å². The zero-order valence-electron chi connectivity index (χ0n) is 16.1. The second-order valence-corrected chi connectivity index (χ2v) is 6.67. The summed E-state index contributed by atoms with van der Waals surface area (Å²) in [5.74, 6) is 0.813. The number of nitrogens with zero attached hydrogens (tertiary/aromatic N) is 1. The van der Waals surface area contributed by atoms with Crippen molar-refractivity contribution in [2.45, 2.75) is 13.0 Å². The SMILES string of the molecule is CN(CCc1ccccc1)C(=O)/C=C/c1ccc(OCc2ccccc2)cc1. The molecule has 0 heterocycles. The standard InChI is InChI=1S/C25H25NO2/c1-26(19-18-21-8-4-2-5-9-21)25(27)17-14-22-12-15-24(16-13-22)28-20-23-10-6-3-7-11-23/h2-17H,18-20H2,1H3/b17-14+. The second kappa shape index (κ2) is 10.1. The number of carbonyl (C=O) groups is 1. The first kappa shape index (κ1) is 19.4. The van der Waals surface area contributed by atoms with Gasteiger partial charge in [-0.25, -0.2) is 0 Å². The number of rotatable bonds is 8. The van der Waals surface area contributed by atoms with Crippen LogP contribution in [0.2, 0.25) is 0 Å². The Morgan fingerprint density at radius 1 is 0.857 bits per heavy atom. The fourth-order valence-electron chi connectivity index (χ4n) is 2.76. The van der Waals surface area contributed by atoms with Gasteiger partial charge >= 0.3 is 0 Å². The van der Waals surface area contributed by atoms with Crippen LogP contribution in [-0.4, -0.2) is 24.4 Å². The molecule has 0 spiro atoms. The molecule has 0 bridgehead atoms. The molecule has 0 saturated heterocycles. The lowest BCUT2D eigenvalue weighted by atomic mass is 10.1. The van der Waals surface area contributed by atoms with Gasteiger partial charge in [0.05, 0.1) is 0 Å². The van der Waals surface area contributed by atoms with Crippen LogP contribution in [0.1, 0.15) is 16.7 Å². The van der Waals surface area contributed by atoms with Gasteiger partial charge in [0.25, 0.3) is 0 Å². The van der Waals surface area contributed by atoms with Gasteiger partial charge in [-0.15, -0.1) is 0 Å². The highest BCUT2D eigenvalue weighted by molar-refractivity contribution is 5.91. The third-order valence-corrected chi connectivity index (χ3v) is 4.50. The van der Waals surface area contributed by atoms with Gasteiger partial charge in [0.1, 0.15) is 12.4 Å². The van der Waals surface area contributed by atoms with Gasteiger partial charge in [-0.2, -0.15) is 0 Å². The Morgan fingerprint density at radius 3 is 2.11 bits per heavy atom. The summed E-state index contributed by atoms with van der Waals surface area (Å²) >= 11 is 0. The number of amides is 1. The molecule has 3 nitrogen and oxygen atoms in total. The van der Waals surface area contributed by atoms with Gasteiger partial charge in [0, 0.05) is 19.7 Å². The van der Waals surface area contributed by atoms with Crippen molar-refractivity contribution in [3.05, 3.63) is 108 Å². The smallest absolute Gasteiger partial charge is 0.246 e. The molecular weight excluding hydrogens is 346 g/mol. The lowest BCUT2D eigenvalue weighted by molar-refractivity contribution is -0.124. The van der Waals surface area contributed by atoms with E-state index in [1.54, 1.807) is 11.0 Å². The largest absolute Gasteiger partial charge is 0.489 e. The summed E-state index contributed by atoms with van der Waals surface area (Å²) in [6.07, 6.45) is 4.30. The van der Waals surface area contributed by atoms with Crippen LogP contribution in [0.5, 0.6) is 5.75 Å². The Hall–Kier alpha value is -3.33. The predicted octanol–water partition coefficient (Wildman–Crippen LogP) is 4.98. The summed E-state index contributed by atoms with van der Waals surface area (Å²) in [6.45, 7) is 1.24. The van der Waals surface area contributed by atoms with E-state index < -0.39 is 0 Å². The highest BCUT2D eigenvalue weighted by Crippen LogP contribution is 2.15. The molecule has 28 heavy (non-hydrogen) atoms. The minimum Gasteiger partial charge on any atom is -0.489 e. The topological polar surface area (TPSA) is 29.5 Å². The van der Waals surface area contributed by atoms with Crippen molar-refractivity contribution in [1.82, 2.24) is 4.90 Å². The van der Waals surface area contributed by atoms with Crippen molar-refractivity contribution in [3.63, 3.8) is 0 Å². The Morgan fingerprint density at radius 2 is 1.46 bits per heavy atom. The number of hydrogen-bond donors (Lipinski definition) is 0. The van der Waals surface area contributed by atoms with Gasteiger partial charge in [0.15, 0.2) is 0 Å². The Kier molecular flexibility index (Phi) is 7.02. The number of carbonyl (C=O) groups excluding carboxylic acids is 1.